The van der Waals surface area contributed by atoms with E-state index in [1.54, 1.807) is 0 Å². The highest BCUT2D eigenvalue weighted by Crippen LogP contribution is 2.12. The topological polar surface area (TPSA) is 35.2 Å². The molecule has 0 bridgehead atoms. The first kappa shape index (κ1) is 9.63. The van der Waals surface area contributed by atoms with E-state index in [4.69, 9.17) is 16.9 Å². The van der Waals surface area contributed by atoms with Gasteiger partial charge in [0, 0.05) is 5.56 Å². The van der Waals surface area contributed by atoms with Gasteiger partial charge in [0.15, 0.2) is 0 Å². The maximum atomic E-state index is 5.41. The van der Waals surface area contributed by atoms with Gasteiger partial charge in [-0.25, -0.2) is 0 Å². The van der Waals surface area contributed by atoms with Gasteiger partial charge in [-0.15, -0.1) is 6.42 Å². The highest BCUT2D eigenvalue weighted by atomic mass is 16.5. The molecule has 0 fully saturated rings. The second kappa shape index (κ2) is 5.23. The minimum Gasteiger partial charge on any atom is -0.494 e. The fraction of sp³-hybridized carbons (Fsp3) is 0.273. The molecule has 0 unspecified atom stereocenters. The van der Waals surface area contributed by atoms with Crippen molar-refractivity contribution in [2.24, 2.45) is 5.73 Å². The molecule has 0 aliphatic heterocycles. The van der Waals surface area contributed by atoms with Crippen LogP contribution in [-0.2, 0) is 0 Å². The van der Waals surface area contributed by atoms with Crippen LogP contribution >= 0.6 is 0 Å². The molecule has 0 atom stereocenters. The van der Waals surface area contributed by atoms with Gasteiger partial charge in [0.2, 0.25) is 0 Å². The van der Waals surface area contributed by atoms with Crippen LogP contribution in [0.2, 0.25) is 0 Å². The average molecular weight is 175 g/mol. The van der Waals surface area contributed by atoms with Crippen molar-refractivity contribution in [2.75, 3.05) is 13.2 Å². The fourth-order valence-electron chi connectivity index (χ4n) is 0.949. The first-order valence-corrected chi connectivity index (χ1v) is 4.26. The summed E-state index contributed by atoms with van der Waals surface area (Å²) in [4.78, 5) is 0. The Morgan fingerprint density at radius 1 is 1.46 bits per heavy atom. The quantitative estimate of drug-likeness (QED) is 0.554. The lowest BCUT2D eigenvalue weighted by Crippen LogP contribution is -2.06. The van der Waals surface area contributed by atoms with Crippen molar-refractivity contribution in [3.63, 3.8) is 0 Å². The molecule has 0 spiro atoms. The van der Waals surface area contributed by atoms with Gasteiger partial charge >= 0.3 is 0 Å². The van der Waals surface area contributed by atoms with E-state index in [1.165, 1.54) is 0 Å². The first-order valence-electron chi connectivity index (χ1n) is 4.26. The molecule has 68 valence electrons. The lowest BCUT2D eigenvalue weighted by Gasteiger charge is -2.04. The average Bonchev–Trinajstić information content (AvgIpc) is 2.19. The van der Waals surface area contributed by atoms with Crippen molar-refractivity contribution in [3.8, 4) is 18.1 Å². The second-order valence-electron chi connectivity index (χ2n) is 2.66. The van der Waals surface area contributed by atoms with Crippen LogP contribution in [0.3, 0.4) is 0 Å². The summed E-state index contributed by atoms with van der Waals surface area (Å²) < 4.78 is 5.41. The molecule has 13 heavy (non-hydrogen) atoms. The summed E-state index contributed by atoms with van der Waals surface area (Å²) in [6.07, 6.45) is 6.11. The number of nitrogens with two attached hydrogens (primary N) is 1. The first-order chi connectivity index (χ1) is 6.36. The van der Waals surface area contributed by atoms with Gasteiger partial charge in [0.25, 0.3) is 0 Å². The van der Waals surface area contributed by atoms with Crippen LogP contribution in [0, 0.1) is 12.3 Å². The number of rotatable bonds is 4. The zero-order chi connectivity index (χ0) is 9.52. The molecule has 0 aliphatic rings. The minimum absolute atomic E-state index is 0.643. The van der Waals surface area contributed by atoms with Gasteiger partial charge in [0.05, 0.1) is 6.61 Å². The molecule has 0 saturated carbocycles. The van der Waals surface area contributed by atoms with Crippen LogP contribution < -0.4 is 10.5 Å². The van der Waals surface area contributed by atoms with Crippen LogP contribution in [0.1, 0.15) is 12.0 Å². The van der Waals surface area contributed by atoms with Gasteiger partial charge in [-0.1, -0.05) is 12.0 Å². The lowest BCUT2D eigenvalue weighted by atomic mass is 10.2. The highest BCUT2D eigenvalue weighted by Gasteiger charge is 1.93. The number of hydrogen-bond acceptors (Lipinski definition) is 2. The molecule has 0 aromatic heterocycles. The van der Waals surface area contributed by atoms with Crippen molar-refractivity contribution in [1.82, 2.24) is 0 Å². The summed E-state index contributed by atoms with van der Waals surface area (Å²) >= 11 is 0. The van der Waals surface area contributed by atoms with Crippen LogP contribution in [-0.4, -0.2) is 13.2 Å². The molecular weight excluding hydrogens is 162 g/mol. The van der Waals surface area contributed by atoms with E-state index in [0.717, 1.165) is 17.7 Å². The Bertz CT molecular complexity index is 301. The van der Waals surface area contributed by atoms with Crippen molar-refractivity contribution in [2.45, 2.75) is 6.42 Å². The molecule has 0 aliphatic carbocycles. The molecule has 2 heteroatoms. The molecule has 0 saturated heterocycles. The second-order valence-corrected chi connectivity index (χ2v) is 2.66. The van der Waals surface area contributed by atoms with E-state index < -0.39 is 0 Å². The fourth-order valence-corrected chi connectivity index (χ4v) is 0.949. The van der Waals surface area contributed by atoms with E-state index in [2.05, 4.69) is 5.92 Å². The SMILES string of the molecule is C#Cc1cccc(OCCCN)c1. The van der Waals surface area contributed by atoms with E-state index in [1.807, 2.05) is 24.3 Å². The normalized spacial score (nSPS) is 9.23. The Kier molecular flexibility index (Phi) is 3.87. The van der Waals surface area contributed by atoms with Gasteiger partial charge in [-0.3, -0.25) is 0 Å². The molecule has 1 aromatic carbocycles. The van der Waals surface area contributed by atoms with Crippen LogP contribution in [0.15, 0.2) is 24.3 Å². The smallest absolute Gasteiger partial charge is 0.120 e. The molecule has 1 rings (SSSR count). The number of ether oxygens (including phenoxy) is 1. The maximum absolute atomic E-state index is 5.41. The minimum atomic E-state index is 0.643. The van der Waals surface area contributed by atoms with E-state index in [9.17, 15) is 0 Å². The Labute approximate surface area is 78.7 Å². The summed E-state index contributed by atoms with van der Waals surface area (Å²) in [5.41, 5.74) is 6.17. The van der Waals surface area contributed by atoms with E-state index in [0.29, 0.717) is 13.2 Å². The third kappa shape index (κ3) is 3.18. The molecular formula is C11H13NO. The van der Waals surface area contributed by atoms with Crippen molar-refractivity contribution >= 4 is 0 Å². The van der Waals surface area contributed by atoms with Crippen molar-refractivity contribution < 1.29 is 4.74 Å². The zero-order valence-electron chi connectivity index (χ0n) is 7.49. The number of hydrogen-bond donors (Lipinski definition) is 1. The Hall–Kier alpha value is -1.46. The Morgan fingerprint density at radius 2 is 2.31 bits per heavy atom. The third-order valence-electron chi connectivity index (χ3n) is 1.62. The summed E-state index contributed by atoms with van der Waals surface area (Å²) in [6, 6.07) is 7.48. The van der Waals surface area contributed by atoms with Gasteiger partial charge in [0.1, 0.15) is 5.75 Å². The largest absolute Gasteiger partial charge is 0.494 e. The lowest BCUT2D eigenvalue weighted by molar-refractivity contribution is 0.313. The standard InChI is InChI=1S/C11H13NO/c1-2-10-5-3-6-11(9-10)13-8-4-7-12/h1,3,5-6,9H,4,7-8,12H2. The van der Waals surface area contributed by atoms with Crippen LogP contribution in [0.5, 0.6) is 5.75 Å². The van der Waals surface area contributed by atoms with E-state index in [-0.39, 0.29) is 0 Å². The summed E-state index contributed by atoms with van der Waals surface area (Å²) in [7, 11) is 0. The highest BCUT2D eigenvalue weighted by molar-refractivity contribution is 5.38. The Morgan fingerprint density at radius 3 is 3.00 bits per heavy atom. The monoisotopic (exact) mass is 175 g/mol. The Balaban J connectivity index is 2.52. The summed E-state index contributed by atoms with van der Waals surface area (Å²) in [5.74, 6) is 3.36. The van der Waals surface area contributed by atoms with Gasteiger partial charge in [-0.05, 0) is 31.2 Å². The molecule has 1 aromatic rings. The van der Waals surface area contributed by atoms with Gasteiger partial charge < -0.3 is 10.5 Å². The maximum Gasteiger partial charge on any atom is 0.120 e. The number of benzene rings is 1. The van der Waals surface area contributed by atoms with E-state index >= 15 is 0 Å². The molecule has 0 amide bonds. The number of terminal acetylenes is 1. The molecule has 2 nitrogen and oxygen atoms in total. The molecule has 0 radical (unpaired) electrons. The molecule has 0 heterocycles. The van der Waals surface area contributed by atoms with Crippen molar-refractivity contribution in [1.29, 1.82) is 0 Å². The zero-order valence-corrected chi connectivity index (χ0v) is 7.49. The van der Waals surface area contributed by atoms with Crippen LogP contribution in [0.4, 0.5) is 0 Å². The predicted molar refractivity (Wildman–Crippen MR) is 53.5 cm³/mol. The van der Waals surface area contributed by atoms with Crippen molar-refractivity contribution in [3.05, 3.63) is 29.8 Å². The van der Waals surface area contributed by atoms with Crippen LogP contribution in [0.25, 0.3) is 0 Å². The third-order valence-corrected chi connectivity index (χ3v) is 1.62. The van der Waals surface area contributed by atoms with Gasteiger partial charge in [-0.2, -0.15) is 0 Å². The predicted octanol–water partition coefficient (Wildman–Crippen LogP) is 1.40. The summed E-state index contributed by atoms with van der Waals surface area (Å²) in [6.45, 7) is 1.29. The summed E-state index contributed by atoms with van der Waals surface area (Å²) in [5, 5.41) is 0. The molecule has 2 N–H and O–H groups in total.